The highest BCUT2D eigenvalue weighted by Crippen LogP contribution is 2.54. The lowest BCUT2D eigenvalue weighted by Crippen LogP contribution is -2.38. The van der Waals surface area contributed by atoms with Crippen LogP contribution < -0.4 is 0 Å². The highest BCUT2D eigenvalue weighted by atomic mass is 16.5. The van der Waals surface area contributed by atoms with Crippen LogP contribution in [-0.4, -0.2) is 35.5 Å². The van der Waals surface area contributed by atoms with Gasteiger partial charge in [-0.15, -0.1) is 0 Å². The summed E-state index contributed by atoms with van der Waals surface area (Å²) in [6.07, 6.45) is 1.82. The van der Waals surface area contributed by atoms with E-state index in [1.165, 1.54) is 4.90 Å². The lowest BCUT2D eigenvalue weighted by atomic mass is 9.74. The lowest BCUT2D eigenvalue weighted by molar-refractivity contribution is -0.142. The first-order valence-corrected chi connectivity index (χ1v) is 5.04. The zero-order valence-corrected chi connectivity index (χ0v) is 8.32. The zero-order chi connectivity index (χ0) is 10.1. The van der Waals surface area contributed by atoms with Gasteiger partial charge in [0.15, 0.2) is 0 Å². The lowest BCUT2D eigenvalue weighted by Gasteiger charge is -2.25. The summed E-state index contributed by atoms with van der Waals surface area (Å²) in [6.45, 7) is 1.96. The monoisotopic (exact) mass is 195 g/mol. The van der Waals surface area contributed by atoms with E-state index in [0.717, 1.165) is 12.8 Å². The molecule has 4 heteroatoms. The molecule has 3 aliphatic heterocycles. The molecule has 3 aliphatic rings. The molecular weight excluding hydrogens is 182 g/mol. The second kappa shape index (κ2) is 2.19. The van der Waals surface area contributed by atoms with Gasteiger partial charge >= 0.3 is 0 Å². The van der Waals surface area contributed by atoms with Gasteiger partial charge in [0.2, 0.25) is 11.8 Å². The topological polar surface area (TPSA) is 46.6 Å². The normalized spacial score (nSPS) is 50.4. The van der Waals surface area contributed by atoms with Crippen LogP contribution in [0.5, 0.6) is 0 Å². The average molecular weight is 195 g/mol. The van der Waals surface area contributed by atoms with Crippen molar-refractivity contribution in [3.63, 3.8) is 0 Å². The summed E-state index contributed by atoms with van der Waals surface area (Å²) in [5.74, 6) is -0.497. The average Bonchev–Trinajstić information content (AvgIpc) is 2.72. The molecule has 14 heavy (non-hydrogen) atoms. The first kappa shape index (κ1) is 8.41. The quantitative estimate of drug-likeness (QED) is 0.517. The van der Waals surface area contributed by atoms with Crippen molar-refractivity contribution in [2.24, 2.45) is 11.8 Å². The van der Waals surface area contributed by atoms with Crippen LogP contribution in [0, 0.1) is 11.8 Å². The maximum atomic E-state index is 11.8. The van der Waals surface area contributed by atoms with E-state index < -0.39 is 0 Å². The molecule has 2 amide bonds. The van der Waals surface area contributed by atoms with Gasteiger partial charge in [0, 0.05) is 7.05 Å². The van der Waals surface area contributed by atoms with Gasteiger partial charge in [-0.3, -0.25) is 14.5 Å². The number of rotatable bonds is 0. The van der Waals surface area contributed by atoms with Crippen molar-refractivity contribution >= 4 is 11.8 Å². The van der Waals surface area contributed by atoms with Crippen LogP contribution in [-0.2, 0) is 14.3 Å². The van der Waals surface area contributed by atoms with Crippen molar-refractivity contribution in [3.05, 3.63) is 0 Å². The molecule has 3 saturated heterocycles. The molecule has 2 bridgehead atoms. The molecule has 0 N–H and O–H groups in total. The second-order valence-corrected chi connectivity index (χ2v) is 4.75. The minimum atomic E-state index is -0.368. The van der Waals surface area contributed by atoms with Crippen molar-refractivity contribution in [2.45, 2.75) is 31.5 Å². The molecule has 76 valence electrons. The first-order chi connectivity index (χ1) is 6.54. The maximum absolute atomic E-state index is 11.8. The van der Waals surface area contributed by atoms with E-state index in [9.17, 15) is 9.59 Å². The van der Waals surface area contributed by atoms with Gasteiger partial charge < -0.3 is 4.74 Å². The third-order valence-corrected chi connectivity index (χ3v) is 3.98. The molecule has 0 aromatic heterocycles. The van der Waals surface area contributed by atoms with Crippen molar-refractivity contribution in [1.29, 1.82) is 0 Å². The Kier molecular flexibility index (Phi) is 1.31. The van der Waals surface area contributed by atoms with Crippen molar-refractivity contribution < 1.29 is 14.3 Å². The third kappa shape index (κ3) is 0.704. The fourth-order valence-corrected chi connectivity index (χ4v) is 3.23. The first-order valence-electron chi connectivity index (χ1n) is 5.04. The molecule has 3 rings (SSSR count). The Bertz CT molecular complexity index is 340. The SMILES string of the molecule is CN1C(=O)[C@@H]2[C@@H]3CC[C@](C)(O3)[C@H]2C1=O. The standard InChI is InChI=1S/C10H13NO3/c1-10-4-3-5(14-10)6-7(10)9(13)11(2)8(6)12/h5-7H,3-4H2,1-2H3/t5-,6+,7+,10-/m0/s1. The third-order valence-electron chi connectivity index (χ3n) is 3.98. The van der Waals surface area contributed by atoms with Crippen LogP contribution in [0.4, 0.5) is 0 Å². The number of imide groups is 1. The van der Waals surface area contributed by atoms with Gasteiger partial charge in [-0.05, 0) is 19.8 Å². The predicted octanol–water partition coefficient (Wildman–Crippen LogP) is 0.169. The Morgan fingerprint density at radius 3 is 2.79 bits per heavy atom. The highest BCUT2D eigenvalue weighted by Gasteiger charge is 2.66. The number of nitrogens with zero attached hydrogens (tertiary/aromatic N) is 1. The second-order valence-electron chi connectivity index (χ2n) is 4.75. The molecule has 0 aromatic rings. The molecule has 4 nitrogen and oxygen atoms in total. The van der Waals surface area contributed by atoms with E-state index in [1.807, 2.05) is 6.92 Å². The summed E-state index contributed by atoms with van der Waals surface area (Å²) >= 11 is 0. The number of fused-ring (bicyclic) bond motifs is 5. The number of amides is 2. The van der Waals surface area contributed by atoms with E-state index in [2.05, 4.69) is 0 Å². The van der Waals surface area contributed by atoms with E-state index in [1.54, 1.807) is 7.05 Å². The van der Waals surface area contributed by atoms with Gasteiger partial charge in [0.1, 0.15) is 0 Å². The Hall–Kier alpha value is -0.900. The van der Waals surface area contributed by atoms with Crippen molar-refractivity contribution in [3.8, 4) is 0 Å². The van der Waals surface area contributed by atoms with Gasteiger partial charge in [-0.25, -0.2) is 0 Å². The number of hydrogen-bond acceptors (Lipinski definition) is 3. The molecule has 3 heterocycles. The van der Waals surface area contributed by atoms with Gasteiger partial charge in [0.05, 0.1) is 23.5 Å². The summed E-state index contributed by atoms with van der Waals surface area (Å²) in [4.78, 5) is 24.8. The van der Waals surface area contributed by atoms with Crippen molar-refractivity contribution in [1.82, 2.24) is 4.90 Å². The predicted molar refractivity (Wildman–Crippen MR) is 47.3 cm³/mol. The number of carbonyl (C=O) groups is 2. The minimum absolute atomic E-state index is 0.00796. The minimum Gasteiger partial charge on any atom is -0.370 e. The van der Waals surface area contributed by atoms with E-state index in [4.69, 9.17) is 4.74 Å². The van der Waals surface area contributed by atoms with E-state index in [0.29, 0.717) is 0 Å². The van der Waals surface area contributed by atoms with Crippen LogP contribution in [0.2, 0.25) is 0 Å². The molecule has 0 aliphatic carbocycles. The van der Waals surface area contributed by atoms with Gasteiger partial charge in [0.25, 0.3) is 0 Å². The Labute approximate surface area is 82.2 Å². The molecule has 0 spiro atoms. The Morgan fingerprint density at radius 2 is 2.14 bits per heavy atom. The summed E-state index contributed by atoms with van der Waals surface area (Å²) in [5.41, 5.74) is -0.368. The molecule has 3 fully saturated rings. The van der Waals surface area contributed by atoms with Gasteiger partial charge in [-0.1, -0.05) is 0 Å². The summed E-state index contributed by atoms with van der Waals surface area (Å²) in [5, 5.41) is 0. The van der Waals surface area contributed by atoms with Crippen LogP contribution >= 0.6 is 0 Å². The van der Waals surface area contributed by atoms with Crippen LogP contribution in [0.15, 0.2) is 0 Å². The Morgan fingerprint density at radius 1 is 1.43 bits per heavy atom. The summed E-state index contributed by atoms with van der Waals surface area (Å²) in [6, 6.07) is 0. The van der Waals surface area contributed by atoms with Gasteiger partial charge in [-0.2, -0.15) is 0 Å². The van der Waals surface area contributed by atoms with Crippen LogP contribution in [0.25, 0.3) is 0 Å². The zero-order valence-electron chi connectivity index (χ0n) is 8.32. The number of carbonyl (C=O) groups excluding carboxylic acids is 2. The fourth-order valence-electron chi connectivity index (χ4n) is 3.23. The highest BCUT2D eigenvalue weighted by molar-refractivity contribution is 6.06. The summed E-state index contributed by atoms with van der Waals surface area (Å²) in [7, 11) is 1.58. The van der Waals surface area contributed by atoms with Crippen molar-refractivity contribution in [2.75, 3.05) is 7.05 Å². The molecule has 0 saturated carbocycles. The molecule has 4 atom stereocenters. The Balaban J connectivity index is 2.08. The molecule has 0 unspecified atom stereocenters. The van der Waals surface area contributed by atoms with E-state index >= 15 is 0 Å². The van der Waals surface area contributed by atoms with E-state index in [-0.39, 0.29) is 35.4 Å². The maximum Gasteiger partial charge on any atom is 0.235 e. The number of likely N-dealkylation sites (tertiary alicyclic amines) is 1. The molecule has 0 radical (unpaired) electrons. The van der Waals surface area contributed by atoms with Crippen LogP contribution in [0.1, 0.15) is 19.8 Å². The molecule has 0 aromatic carbocycles. The summed E-state index contributed by atoms with van der Waals surface area (Å²) < 4.78 is 5.75. The number of ether oxygens (including phenoxy) is 1. The largest absolute Gasteiger partial charge is 0.370 e. The van der Waals surface area contributed by atoms with Crippen LogP contribution in [0.3, 0.4) is 0 Å². The smallest absolute Gasteiger partial charge is 0.235 e. The number of hydrogen-bond donors (Lipinski definition) is 0. The molecular formula is C10H13NO3. The fraction of sp³-hybridized carbons (Fsp3) is 0.800.